The fourth-order valence-electron chi connectivity index (χ4n) is 2.32. The van der Waals surface area contributed by atoms with Crippen molar-refractivity contribution in [3.63, 3.8) is 0 Å². The molecule has 0 unspecified atom stereocenters. The Morgan fingerprint density at radius 1 is 1.25 bits per heavy atom. The third-order valence-electron chi connectivity index (χ3n) is 3.80. The number of methoxy groups -OCH3 is 1. The molecule has 0 spiro atoms. The first-order chi connectivity index (χ1) is 13.5. The van der Waals surface area contributed by atoms with E-state index in [1.807, 2.05) is 6.07 Å². The molecule has 2 aromatic rings. The summed E-state index contributed by atoms with van der Waals surface area (Å²) in [5, 5.41) is 1.21. The Kier molecular flexibility index (Phi) is 6.38. The number of benzene rings is 2. The van der Waals surface area contributed by atoms with Crippen molar-refractivity contribution in [2.75, 3.05) is 20.8 Å². The minimum atomic E-state index is -0.463. The third-order valence-corrected chi connectivity index (χ3v) is 5.11. The maximum atomic E-state index is 12.5. The number of likely N-dealkylation sites (N-methyl/N-ethyl adjacent to an activating group) is 1. The lowest BCUT2D eigenvalue weighted by molar-refractivity contribution is -0.142. The Labute approximate surface area is 171 Å². The van der Waals surface area contributed by atoms with Crippen LogP contribution in [0.5, 0.6) is 5.75 Å². The Bertz CT molecular complexity index is 957. The van der Waals surface area contributed by atoms with Crippen LogP contribution in [-0.4, -0.2) is 42.7 Å². The zero-order valence-corrected chi connectivity index (χ0v) is 16.8. The fourth-order valence-corrected chi connectivity index (χ4v) is 3.44. The largest absolute Gasteiger partial charge is 0.482 e. The van der Waals surface area contributed by atoms with Gasteiger partial charge in [-0.05, 0) is 59.8 Å². The van der Waals surface area contributed by atoms with E-state index in [-0.39, 0.29) is 12.5 Å². The average Bonchev–Trinajstić information content (AvgIpc) is 2.96. The molecule has 0 radical (unpaired) electrons. The lowest BCUT2D eigenvalue weighted by Gasteiger charge is -2.07. The first-order valence-electron chi connectivity index (χ1n) is 8.28. The minimum absolute atomic E-state index is 0.140. The molecule has 1 aliphatic heterocycles. The quantitative estimate of drug-likeness (QED) is 0.541. The molecule has 1 aliphatic rings. The van der Waals surface area contributed by atoms with Gasteiger partial charge in [0, 0.05) is 12.1 Å². The highest BCUT2D eigenvalue weighted by molar-refractivity contribution is 8.18. The van der Waals surface area contributed by atoms with Gasteiger partial charge in [-0.2, -0.15) is 0 Å². The molecule has 6 nitrogen and oxygen atoms in total. The molecule has 144 valence electrons. The van der Waals surface area contributed by atoms with Crippen LogP contribution in [0.15, 0.2) is 58.4 Å². The van der Waals surface area contributed by atoms with Crippen molar-refractivity contribution in [3.8, 4) is 5.75 Å². The molecule has 1 saturated heterocycles. The van der Waals surface area contributed by atoms with Gasteiger partial charge in [0.25, 0.3) is 5.91 Å². The van der Waals surface area contributed by atoms with Crippen LogP contribution in [-0.2, 0) is 14.3 Å². The number of ether oxygens (including phenoxy) is 2. The summed E-state index contributed by atoms with van der Waals surface area (Å²) in [4.78, 5) is 30.3. The summed E-state index contributed by atoms with van der Waals surface area (Å²) in [6.07, 6.45) is 1.76. The third kappa shape index (κ3) is 4.94. The van der Waals surface area contributed by atoms with E-state index in [0.29, 0.717) is 26.5 Å². The second kappa shape index (κ2) is 8.95. The first kappa shape index (κ1) is 20.0. The van der Waals surface area contributed by atoms with Gasteiger partial charge in [-0.1, -0.05) is 23.7 Å². The zero-order valence-electron chi connectivity index (χ0n) is 15.2. The molecule has 0 N–H and O–H groups in total. The lowest BCUT2D eigenvalue weighted by atomic mass is 10.2. The number of rotatable bonds is 5. The van der Waals surface area contributed by atoms with Crippen LogP contribution in [0.4, 0.5) is 5.69 Å². The highest BCUT2D eigenvalue weighted by atomic mass is 35.5. The summed E-state index contributed by atoms with van der Waals surface area (Å²) in [6, 6.07) is 14.2. The lowest BCUT2D eigenvalue weighted by Crippen LogP contribution is -2.23. The molecule has 0 aromatic heterocycles. The predicted octanol–water partition coefficient (Wildman–Crippen LogP) is 4.13. The topological polar surface area (TPSA) is 68.2 Å². The number of aliphatic imine (C=N–C) groups is 1. The molecule has 0 saturated carbocycles. The van der Waals surface area contributed by atoms with E-state index < -0.39 is 5.97 Å². The van der Waals surface area contributed by atoms with Crippen LogP contribution >= 0.6 is 23.4 Å². The van der Waals surface area contributed by atoms with Gasteiger partial charge in [0.1, 0.15) is 5.75 Å². The van der Waals surface area contributed by atoms with Crippen molar-refractivity contribution in [1.82, 2.24) is 4.90 Å². The molecule has 0 atom stereocenters. The zero-order chi connectivity index (χ0) is 20.1. The van der Waals surface area contributed by atoms with Crippen molar-refractivity contribution in [3.05, 3.63) is 64.0 Å². The summed E-state index contributed by atoms with van der Waals surface area (Å²) in [6.45, 7) is -0.176. The summed E-state index contributed by atoms with van der Waals surface area (Å²) in [5.74, 6) is -0.0906. The van der Waals surface area contributed by atoms with E-state index >= 15 is 0 Å². The van der Waals surface area contributed by atoms with Crippen LogP contribution in [0, 0.1) is 0 Å². The number of hydrogen-bond acceptors (Lipinski definition) is 6. The maximum absolute atomic E-state index is 12.5. The Balaban J connectivity index is 1.78. The van der Waals surface area contributed by atoms with Crippen LogP contribution in [0.1, 0.15) is 5.56 Å². The van der Waals surface area contributed by atoms with E-state index in [1.165, 1.54) is 23.8 Å². The molecule has 0 aliphatic carbocycles. The molecule has 1 heterocycles. The summed E-state index contributed by atoms with van der Waals surface area (Å²) in [5.41, 5.74) is 1.49. The molecule has 8 heteroatoms. The second-order valence-electron chi connectivity index (χ2n) is 5.78. The van der Waals surface area contributed by atoms with Gasteiger partial charge in [-0.3, -0.25) is 9.69 Å². The van der Waals surface area contributed by atoms with Crippen molar-refractivity contribution >= 4 is 52.2 Å². The number of halogens is 1. The Hall–Kier alpha value is -2.77. The molecular weight excluding hydrogens is 400 g/mol. The van der Waals surface area contributed by atoms with E-state index in [4.69, 9.17) is 16.3 Å². The fraction of sp³-hybridized carbons (Fsp3) is 0.150. The maximum Gasteiger partial charge on any atom is 0.343 e. The minimum Gasteiger partial charge on any atom is -0.482 e. The average molecular weight is 417 g/mol. The Morgan fingerprint density at radius 2 is 2.00 bits per heavy atom. The molecule has 28 heavy (non-hydrogen) atoms. The smallest absolute Gasteiger partial charge is 0.343 e. The molecule has 3 rings (SSSR count). The van der Waals surface area contributed by atoms with Gasteiger partial charge in [-0.25, -0.2) is 9.79 Å². The van der Waals surface area contributed by atoms with Gasteiger partial charge < -0.3 is 9.47 Å². The van der Waals surface area contributed by atoms with Crippen LogP contribution in [0.3, 0.4) is 0 Å². The van der Waals surface area contributed by atoms with Crippen LogP contribution in [0.25, 0.3) is 6.08 Å². The van der Waals surface area contributed by atoms with E-state index in [2.05, 4.69) is 9.73 Å². The molecule has 0 bridgehead atoms. The molecular formula is C20H17ClN2O4S. The summed E-state index contributed by atoms with van der Waals surface area (Å²) >= 11 is 7.18. The number of thioether (sulfide) groups is 1. The second-order valence-corrected chi connectivity index (χ2v) is 7.23. The number of esters is 1. The summed E-state index contributed by atoms with van der Waals surface area (Å²) in [7, 11) is 2.98. The normalized spacial score (nSPS) is 16.7. The standard InChI is InChI=1S/C20H17ClN2O4S/c1-23-19(25)17(28-20(23)22-15-8-6-14(21)7-9-15)11-13-4-3-5-16(10-13)27-12-18(24)26-2/h3-11H,12H2,1-2H3/b17-11+,22-20?. The van der Waals surface area contributed by atoms with E-state index in [9.17, 15) is 9.59 Å². The SMILES string of the molecule is COC(=O)COc1cccc(/C=C2/SC(=Nc3ccc(Cl)cc3)N(C)C2=O)c1. The number of amides is 1. The number of hydrogen-bond donors (Lipinski definition) is 0. The van der Waals surface area contributed by atoms with Gasteiger partial charge in [-0.15, -0.1) is 0 Å². The van der Waals surface area contributed by atoms with E-state index in [0.717, 1.165) is 5.56 Å². The van der Waals surface area contributed by atoms with Crippen molar-refractivity contribution in [1.29, 1.82) is 0 Å². The Morgan fingerprint density at radius 3 is 2.71 bits per heavy atom. The number of carbonyl (C=O) groups is 2. The molecule has 1 fully saturated rings. The number of carbonyl (C=O) groups excluding carboxylic acids is 2. The predicted molar refractivity (Wildman–Crippen MR) is 111 cm³/mol. The van der Waals surface area contributed by atoms with Crippen molar-refractivity contribution in [2.24, 2.45) is 4.99 Å². The summed E-state index contributed by atoms with van der Waals surface area (Å²) < 4.78 is 9.93. The van der Waals surface area contributed by atoms with Gasteiger partial charge in [0.05, 0.1) is 17.7 Å². The monoisotopic (exact) mass is 416 g/mol. The van der Waals surface area contributed by atoms with Crippen molar-refractivity contribution < 1.29 is 19.1 Å². The molecule has 2 aromatic carbocycles. The first-order valence-corrected chi connectivity index (χ1v) is 9.47. The van der Waals surface area contributed by atoms with E-state index in [1.54, 1.807) is 55.6 Å². The molecule has 1 amide bonds. The number of nitrogens with zero attached hydrogens (tertiary/aromatic N) is 2. The van der Waals surface area contributed by atoms with Crippen LogP contribution < -0.4 is 4.74 Å². The van der Waals surface area contributed by atoms with Gasteiger partial charge >= 0.3 is 5.97 Å². The van der Waals surface area contributed by atoms with Crippen molar-refractivity contribution in [2.45, 2.75) is 0 Å². The highest BCUT2D eigenvalue weighted by Gasteiger charge is 2.30. The van der Waals surface area contributed by atoms with Crippen LogP contribution in [0.2, 0.25) is 5.02 Å². The highest BCUT2D eigenvalue weighted by Crippen LogP contribution is 2.33. The van der Waals surface area contributed by atoms with Gasteiger partial charge in [0.15, 0.2) is 11.8 Å². The van der Waals surface area contributed by atoms with Gasteiger partial charge in [0.2, 0.25) is 0 Å². The number of amidine groups is 1.